The molecule has 0 bridgehead atoms. The Bertz CT molecular complexity index is 2060. The van der Waals surface area contributed by atoms with Crippen molar-refractivity contribution < 1.29 is 4.42 Å². The number of rotatable bonds is 3. The molecule has 0 saturated heterocycles. The minimum absolute atomic E-state index is 0.872. The molecule has 37 heavy (non-hydrogen) atoms. The second-order valence-corrected chi connectivity index (χ2v) is 9.52. The fraction of sp³-hybridized carbons (Fsp3) is 0. The molecule has 3 nitrogen and oxygen atoms in total. The van der Waals surface area contributed by atoms with Gasteiger partial charge < -0.3 is 14.0 Å². The molecule has 0 atom stereocenters. The molecule has 0 spiro atoms. The maximum Gasteiger partial charge on any atom is 0.133 e. The third-order valence-electron chi connectivity index (χ3n) is 7.43. The monoisotopic (exact) mass is 474 g/mol. The molecule has 174 valence electrons. The summed E-state index contributed by atoms with van der Waals surface area (Å²) in [5.74, 6) is 0.872. The van der Waals surface area contributed by atoms with E-state index in [-0.39, 0.29) is 0 Å². The van der Waals surface area contributed by atoms with Crippen LogP contribution in [0.3, 0.4) is 0 Å². The Morgan fingerprint density at radius 3 is 2.22 bits per heavy atom. The van der Waals surface area contributed by atoms with Gasteiger partial charge in [-0.15, -0.1) is 0 Å². The van der Waals surface area contributed by atoms with Crippen LogP contribution in [0.5, 0.6) is 0 Å². The van der Waals surface area contributed by atoms with E-state index in [4.69, 9.17) is 4.42 Å². The van der Waals surface area contributed by atoms with Crippen LogP contribution in [-0.4, -0.2) is 9.55 Å². The summed E-state index contributed by atoms with van der Waals surface area (Å²) in [7, 11) is 0. The third-order valence-corrected chi connectivity index (χ3v) is 7.43. The van der Waals surface area contributed by atoms with Crippen LogP contribution in [0, 0.1) is 0 Å². The maximum absolute atomic E-state index is 5.73. The Labute approximate surface area is 213 Å². The highest BCUT2D eigenvalue weighted by Crippen LogP contribution is 2.41. The average molecular weight is 475 g/mol. The Morgan fingerprint density at radius 2 is 1.38 bits per heavy atom. The number of benzene rings is 5. The summed E-state index contributed by atoms with van der Waals surface area (Å²) in [6.07, 6.45) is 1.73. The van der Waals surface area contributed by atoms with Crippen LogP contribution in [0.1, 0.15) is 0 Å². The number of aromatic amines is 1. The van der Waals surface area contributed by atoms with Gasteiger partial charge in [-0.2, -0.15) is 0 Å². The quantitative estimate of drug-likeness (QED) is 0.272. The molecule has 1 N–H and O–H groups in total. The molecule has 0 aliphatic carbocycles. The zero-order chi connectivity index (χ0) is 24.3. The minimum atomic E-state index is 0.872. The molecule has 5 aromatic carbocycles. The molecule has 0 fully saturated rings. The molecular weight excluding hydrogens is 452 g/mol. The van der Waals surface area contributed by atoms with Crippen LogP contribution < -0.4 is 0 Å². The van der Waals surface area contributed by atoms with Gasteiger partial charge in [-0.1, -0.05) is 72.8 Å². The van der Waals surface area contributed by atoms with Crippen molar-refractivity contribution in [1.82, 2.24) is 9.55 Å². The molecule has 0 amide bonds. The number of aromatic nitrogens is 2. The van der Waals surface area contributed by atoms with E-state index in [1.807, 2.05) is 12.1 Å². The second-order valence-electron chi connectivity index (χ2n) is 9.52. The summed E-state index contributed by atoms with van der Waals surface area (Å²) in [5, 5.41) is 4.91. The predicted molar refractivity (Wildman–Crippen MR) is 153 cm³/mol. The Balaban J connectivity index is 1.46. The first-order valence-electron chi connectivity index (χ1n) is 12.5. The average Bonchev–Trinajstić information content (AvgIpc) is 3.69. The molecule has 8 rings (SSSR count). The van der Waals surface area contributed by atoms with Crippen LogP contribution in [-0.2, 0) is 0 Å². The standard InChI is InChI=1S/C34H22N2O/c1-2-7-22(8-3-1)23-12-16-26(17-13-23)36-30-19-15-24-9-4-5-10-27(24)32(30)33-34(36)28-21-25(14-18-29(28)35-33)31-11-6-20-37-31/h1-21,35H. The maximum atomic E-state index is 5.73. The third kappa shape index (κ3) is 3.01. The topological polar surface area (TPSA) is 33.9 Å². The van der Waals surface area contributed by atoms with Crippen molar-refractivity contribution in [3.8, 4) is 28.1 Å². The van der Waals surface area contributed by atoms with Gasteiger partial charge in [-0.3, -0.25) is 0 Å². The molecular formula is C34H22N2O. The Hall–Kier alpha value is -5.02. The summed E-state index contributed by atoms with van der Waals surface area (Å²) < 4.78 is 8.13. The van der Waals surface area contributed by atoms with Crippen molar-refractivity contribution in [3.63, 3.8) is 0 Å². The number of hydrogen-bond donors (Lipinski definition) is 1. The van der Waals surface area contributed by atoms with Crippen molar-refractivity contribution in [2.24, 2.45) is 0 Å². The van der Waals surface area contributed by atoms with Gasteiger partial charge in [0.05, 0.1) is 22.8 Å². The van der Waals surface area contributed by atoms with Crippen LogP contribution in [0.4, 0.5) is 0 Å². The van der Waals surface area contributed by atoms with Crippen LogP contribution in [0.15, 0.2) is 132 Å². The molecule has 0 saturated carbocycles. The zero-order valence-electron chi connectivity index (χ0n) is 20.0. The highest BCUT2D eigenvalue weighted by Gasteiger charge is 2.20. The Morgan fingerprint density at radius 1 is 0.595 bits per heavy atom. The molecule has 3 heterocycles. The van der Waals surface area contributed by atoms with Crippen molar-refractivity contribution in [2.75, 3.05) is 0 Å². The van der Waals surface area contributed by atoms with E-state index >= 15 is 0 Å². The molecule has 3 heteroatoms. The summed E-state index contributed by atoms with van der Waals surface area (Å²) in [5.41, 5.74) is 9.29. The van der Waals surface area contributed by atoms with E-state index < -0.39 is 0 Å². The van der Waals surface area contributed by atoms with E-state index in [9.17, 15) is 0 Å². The van der Waals surface area contributed by atoms with E-state index in [0.29, 0.717) is 0 Å². The van der Waals surface area contributed by atoms with Gasteiger partial charge in [0, 0.05) is 27.5 Å². The molecule has 3 aromatic heterocycles. The van der Waals surface area contributed by atoms with Crippen molar-refractivity contribution in [1.29, 1.82) is 0 Å². The van der Waals surface area contributed by atoms with Crippen LogP contribution >= 0.6 is 0 Å². The van der Waals surface area contributed by atoms with Gasteiger partial charge in [0.15, 0.2) is 0 Å². The fourth-order valence-electron chi connectivity index (χ4n) is 5.72. The number of hydrogen-bond acceptors (Lipinski definition) is 1. The lowest BCUT2D eigenvalue weighted by Gasteiger charge is -2.10. The SMILES string of the molecule is c1ccc(-c2ccc(-n3c4ccc5ccccc5c4c4[nH]c5ccc(-c6ccco6)cc5c43)cc2)cc1. The smallest absolute Gasteiger partial charge is 0.133 e. The highest BCUT2D eigenvalue weighted by molar-refractivity contribution is 6.25. The highest BCUT2D eigenvalue weighted by atomic mass is 16.3. The summed E-state index contributed by atoms with van der Waals surface area (Å²) in [6.45, 7) is 0. The van der Waals surface area contributed by atoms with Gasteiger partial charge in [-0.05, 0) is 70.4 Å². The van der Waals surface area contributed by atoms with E-state index in [1.54, 1.807) is 6.26 Å². The van der Waals surface area contributed by atoms with Crippen molar-refractivity contribution in [2.45, 2.75) is 0 Å². The van der Waals surface area contributed by atoms with Gasteiger partial charge in [0.25, 0.3) is 0 Å². The first-order valence-corrected chi connectivity index (χ1v) is 12.5. The number of H-pyrrole nitrogens is 1. The zero-order valence-corrected chi connectivity index (χ0v) is 20.0. The molecule has 0 aliphatic heterocycles. The first kappa shape index (κ1) is 20.2. The van der Waals surface area contributed by atoms with Gasteiger partial charge in [-0.25, -0.2) is 0 Å². The lowest BCUT2D eigenvalue weighted by molar-refractivity contribution is 0.582. The second kappa shape index (κ2) is 7.74. The van der Waals surface area contributed by atoms with E-state index in [0.717, 1.165) is 28.0 Å². The van der Waals surface area contributed by atoms with Gasteiger partial charge in [0.1, 0.15) is 5.76 Å². The van der Waals surface area contributed by atoms with Crippen molar-refractivity contribution >= 4 is 43.6 Å². The predicted octanol–water partition coefficient (Wildman–Crippen LogP) is 9.35. The summed E-state index contributed by atoms with van der Waals surface area (Å²) >= 11 is 0. The van der Waals surface area contributed by atoms with Gasteiger partial charge >= 0.3 is 0 Å². The van der Waals surface area contributed by atoms with Crippen LogP contribution in [0.2, 0.25) is 0 Å². The molecule has 0 unspecified atom stereocenters. The lowest BCUT2D eigenvalue weighted by atomic mass is 10.1. The number of furan rings is 1. The number of fused-ring (bicyclic) bond motifs is 7. The van der Waals surface area contributed by atoms with Crippen molar-refractivity contribution in [3.05, 3.63) is 128 Å². The Kier molecular flexibility index (Phi) is 4.23. The number of nitrogens with one attached hydrogen (secondary N) is 1. The number of nitrogens with zero attached hydrogens (tertiary/aromatic N) is 1. The van der Waals surface area contributed by atoms with Crippen LogP contribution in [0.25, 0.3) is 71.7 Å². The van der Waals surface area contributed by atoms with E-state index in [2.05, 4.69) is 119 Å². The minimum Gasteiger partial charge on any atom is -0.464 e. The largest absolute Gasteiger partial charge is 0.464 e. The lowest BCUT2D eigenvalue weighted by Crippen LogP contribution is -1.94. The summed E-state index contributed by atoms with van der Waals surface area (Å²) in [6, 6.07) is 43.0. The normalized spacial score (nSPS) is 11.8. The molecule has 0 aliphatic rings. The molecule has 0 radical (unpaired) electrons. The summed E-state index contributed by atoms with van der Waals surface area (Å²) in [4.78, 5) is 3.76. The first-order chi connectivity index (χ1) is 18.3. The molecule has 8 aromatic rings. The van der Waals surface area contributed by atoms with Gasteiger partial charge in [0.2, 0.25) is 0 Å². The fourth-order valence-corrected chi connectivity index (χ4v) is 5.72. The van der Waals surface area contributed by atoms with E-state index in [1.165, 1.54) is 43.7 Å².